The summed E-state index contributed by atoms with van der Waals surface area (Å²) in [5, 5.41) is 10.7. The van der Waals surface area contributed by atoms with Gasteiger partial charge in [-0.15, -0.1) is 0 Å². The molecule has 0 saturated heterocycles. The Bertz CT molecular complexity index is 1580. The lowest BCUT2D eigenvalue weighted by atomic mass is 9.85. The molecule has 4 nitrogen and oxygen atoms in total. The van der Waals surface area contributed by atoms with E-state index in [9.17, 15) is 5.11 Å². The molecule has 0 atom stereocenters. The monoisotopic (exact) mass is 500 g/mol. The highest BCUT2D eigenvalue weighted by Gasteiger charge is 2.19. The summed E-state index contributed by atoms with van der Waals surface area (Å²) in [6.45, 7) is 10.8. The minimum atomic E-state index is -0.108. The molecular weight excluding hydrogens is 468 g/mol. The number of benzene rings is 3. The average molecular weight is 501 g/mol. The van der Waals surface area contributed by atoms with Crippen LogP contribution < -0.4 is 4.74 Å². The van der Waals surface area contributed by atoms with E-state index in [-0.39, 0.29) is 11.2 Å². The predicted octanol–water partition coefficient (Wildman–Crippen LogP) is 8.89. The van der Waals surface area contributed by atoms with Crippen LogP contribution in [0.3, 0.4) is 0 Å². The minimum Gasteiger partial charge on any atom is -0.507 e. The predicted molar refractivity (Wildman–Crippen MR) is 155 cm³/mol. The fourth-order valence-electron chi connectivity index (χ4n) is 4.69. The summed E-state index contributed by atoms with van der Waals surface area (Å²) in [4.78, 5) is 9.40. The van der Waals surface area contributed by atoms with Crippen LogP contribution in [0.2, 0.25) is 0 Å². The number of hydrogen-bond acceptors (Lipinski definition) is 4. The number of ether oxygens (including phenoxy) is 1. The second-order valence-corrected chi connectivity index (χ2v) is 10.7. The van der Waals surface area contributed by atoms with Gasteiger partial charge < -0.3 is 9.84 Å². The molecule has 2 heterocycles. The Morgan fingerprint density at radius 2 is 1.42 bits per heavy atom. The molecule has 3 aromatic carbocycles. The number of phenolic OH excluding ortho intramolecular Hbond substituents is 1. The molecule has 0 radical (unpaired) electrons. The second-order valence-electron chi connectivity index (χ2n) is 10.7. The number of hydrogen-bond donors (Lipinski definition) is 1. The first-order valence-electron chi connectivity index (χ1n) is 12.8. The van der Waals surface area contributed by atoms with Crippen molar-refractivity contribution in [3.05, 3.63) is 114 Å². The van der Waals surface area contributed by atoms with Crippen LogP contribution in [0.15, 0.2) is 97.2 Å². The molecular formula is C34H32N2O2. The normalized spacial score (nSPS) is 11.4. The third-order valence-electron chi connectivity index (χ3n) is 6.70. The Labute approximate surface area is 224 Å². The molecule has 4 heteroatoms. The zero-order valence-electron chi connectivity index (χ0n) is 22.5. The van der Waals surface area contributed by atoms with E-state index in [2.05, 4.69) is 82.1 Å². The zero-order chi connectivity index (χ0) is 26.9. The summed E-state index contributed by atoms with van der Waals surface area (Å²) >= 11 is 0. The maximum atomic E-state index is 10.7. The average Bonchev–Trinajstić information content (AvgIpc) is 2.89. The third-order valence-corrected chi connectivity index (χ3v) is 6.70. The van der Waals surface area contributed by atoms with Crippen LogP contribution in [0.25, 0.3) is 33.6 Å². The zero-order valence-corrected chi connectivity index (χ0v) is 22.5. The second kappa shape index (κ2) is 10.1. The Morgan fingerprint density at radius 3 is 2.11 bits per heavy atom. The van der Waals surface area contributed by atoms with Gasteiger partial charge in [0.05, 0.1) is 11.4 Å². The van der Waals surface area contributed by atoms with Gasteiger partial charge in [-0.2, -0.15) is 0 Å². The molecule has 5 rings (SSSR count). The van der Waals surface area contributed by atoms with Crippen molar-refractivity contribution in [2.45, 2.75) is 40.0 Å². The molecule has 38 heavy (non-hydrogen) atoms. The smallest absolute Gasteiger partial charge is 0.219 e. The Balaban J connectivity index is 1.74. The maximum absolute atomic E-state index is 10.7. The van der Waals surface area contributed by atoms with Crippen molar-refractivity contribution >= 4 is 0 Å². The van der Waals surface area contributed by atoms with E-state index >= 15 is 0 Å². The van der Waals surface area contributed by atoms with Crippen LogP contribution in [0.1, 0.15) is 37.5 Å². The number of aryl methyl sites for hydroxylation is 2. The molecule has 0 aliphatic rings. The summed E-state index contributed by atoms with van der Waals surface area (Å²) in [6.07, 6.45) is 1.72. The number of aromatic nitrogens is 2. The van der Waals surface area contributed by atoms with Gasteiger partial charge in [0.1, 0.15) is 11.5 Å². The molecule has 0 bridgehead atoms. The number of phenols is 1. The van der Waals surface area contributed by atoms with Crippen molar-refractivity contribution in [2.75, 3.05) is 0 Å². The van der Waals surface area contributed by atoms with Crippen LogP contribution in [0, 0.1) is 13.8 Å². The summed E-state index contributed by atoms with van der Waals surface area (Å²) in [5.74, 6) is 1.44. The first-order chi connectivity index (χ1) is 18.2. The molecule has 0 unspecified atom stereocenters. The van der Waals surface area contributed by atoms with Gasteiger partial charge in [0.15, 0.2) is 0 Å². The van der Waals surface area contributed by atoms with Crippen LogP contribution in [0.4, 0.5) is 0 Å². The summed E-state index contributed by atoms with van der Waals surface area (Å²) in [6, 6.07) is 29.7. The van der Waals surface area contributed by atoms with E-state index in [0.717, 1.165) is 22.4 Å². The Hall–Kier alpha value is -4.44. The summed E-state index contributed by atoms with van der Waals surface area (Å²) in [7, 11) is 0. The van der Waals surface area contributed by atoms with Crippen molar-refractivity contribution in [1.82, 2.24) is 9.97 Å². The number of rotatable bonds is 5. The lowest BCUT2D eigenvalue weighted by Crippen LogP contribution is -2.11. The van der Waals surface area contributed by atoms with Crippen LogP contribution in [-0.4, -0.2) is 15.1 Å². The Kier molecular flexibility index (Phi) is 6.73. The molecule has 0 aliphatic heterocycles. The first-order valence-corrected chi connectivity index (χ1v) is 12.8. The van der Waals surface area contributed by atoms with E-state index in [1.165, 1.54) is 16.7 Å². The van der Waals surface area contributed by atoms with Gasteiger partial charge in [-0.3, -0.25) is 0 Å². The summed E-state index contributed by atoms with van der Waals surface area (Å²) < 4.78 is 6.18. The van der Waals surface area contributed by atoms with Gasteiger partial charge in [0.2, 0.25) is 5.88 Å². The maximum Gasteiger partial charge on any atom is 0.219 e. The highest BCUT2D eigenvalue weighted by atomic mass is 16.5. The molecule has 1 N–H and O–H groups in total. The minimum absolute atomic E-state index is 0.108. The number of aromatic hydroxyl groups is 1. The van der Waals surface area contributed by atoms with Crippen molar-refractivity contribution in [3.63, 3.8) is 0 Å². The molecule has 0 saturated carbocycles. The number of nitrogens with zero attached hydrogens (tertiary/aromatic N) is 2. The van der Waals surface area contributed by atoms with Gasteiger partial charge in [0.25, 0.3) is 0 Å². The van der Waals surface area contributed by atoms with E-state index in [0.29, 0.717) is 22.9 Å². The van der Waals surface area contributed by atoms with Crippen molar-refractivity contribution < 1.29 is 9.84 Å². The number of para-hydroxylation sites is 1. The highest BCUT2D eigenvalue weighted by molar-refractivity contribution is 5.81. The lowest BCUT2D eigenvalue weighted by molar-refractivity contribution is 0.460. The quantitative estimate of drug-likeness (QED) is 0.262. The molecule has 190 valence electrons. The van der Waals surface area contributed by atoms with Gasteiger partial charge in [-0.25, -0.2) is 9.97 Å². The SMILES string of the molecule is Cc1cccc(C)c1-c1cc(-c2cc(Oc3ccccn3)cc(C(C)(C)C)c2)nc(-c2ccccc2O)c1. The van der Waals surface area contributed by atoms with Crippen molar-refractivity contribution in [3.8, 4) is 51.0 Å². The van der Waals surface area contributed by atoms with Gasteiger partial charge in [-0.1, -0.05) is 57.2 Å². The van der Waals surface area contributed by atoms with Crippen LogP contribution in [-0.2, 0) is 5.41 Å². The van der Waals surface area contributed by atoms with Crippen molar-refractivity contribution in [1.29, 1.82) is 0 Å². The summed E-state index contributed by atoms with van der Waals surface area (Å²) in [5.41, 5.74) is 8.77. The molecule has 0 amide bonds. The molecule has 5 aromatic rings. The van der Waals surface area contributed by atoms with Gasteiger partial charge in [0, 0.05) is 23.4 Å². The van der Waals surface area contributed by atoms with Crippen LogP contribution in [0.5, 0.6) is 17.4 Å². The van der Waals surface area contributed by atoms with Gasteiger partial charge in [-0.05, 0) is 95.6 Å². The molecule has 0 aliphatic carbocycles. The molecule has 0 spiro atoms. The topological polar surface area (TPSA) is 55.2 Å². The van der Waals surface area contributed by atoms with Crippen LogP contribution >= 0.6 is 0 Å². The van der Waals surface area contributed by atoms with E-state index in [4.69, 9.17) is 9.72 Å². The molecule has 0 fully saturated rings. The van der Waals surface area contributed by atoms with E-state index < -0.39 is 0 Å². The fraction of sp³-hybridized carbons (Fsp3) is 0.176. The van der Waals surface area contributed by atoms with Gasteiger partial charge >= 0.3 is 0 Å². The lowest BCUT2D eigenvalue weighted by Gasteiger charge is -2.22. The van der Waals surface area contributed by atoms with Crippen molar-refractivity contribution in [2.24, 2.45) is 0 Å². The van der Waals surface area contributed by atoms with E-state index in [1.54, 1.807) is 12.3 Å². The molecule has 2 aromatic heterocycles. The fourth-order valence-corrected chi connectivity index (χ4v) is 4.69. The number of pyridine rings is 2. The Morgan fingerprint density at radius 1 is 0.711 bits per heavy atom. The highest BCUT2D eigenvalue weighted by Crippen LogP contribution is 2.38. The first kappa shape index (κ1) is 25.2. The van der Waals surface area contributed by atoms with E-state index in [1.807, 2.05) is 42.5 Å². The largest absolute Gasteiger partial charge is 0.507 e. The standard InChI is InChI=1S/C34H32N2O2/c1-22-11-10-12-23(2)33(22)25-19-29(36-30(20-25)28-13-6-7-14-31(28)37)24-17-26(34(3,4)5)21-27(18-24)38-32-15-8-9-16-35-32/h6-21,37H,1-5H3. The third kappa shape index (κ3) is 5.30.